The lowest BCUT2D eigenvalue weighted by atomic mass is 10.2. The molecular formula is C19H16ClN5O. The third-order valence-electron chi connectivity index (χ3n) is 3.72. The van der Waals surface area contributed by atoms with E-state index in [1.165, 1.54) is 0 Å². The van der Waals surface area contributed by atoms with E-state index >= 15 is 0 Å². The quantitative estimate of drug-likeness (QED) is 0.580. The summed E-state index contributed by atoms with van der Waals surface area (Å²) in [5.41, 5.74) is 2.79. The Balaban J connectivity index is 0.00000196. The molecule has 1 N–H and O–H groups in total. The summed E-state index contributed by atoms with van der Waals surface area (Å²) >= 11 is 0. The Kier molecular flexibility index (Phi) is 5.56. The van der Waals surface area contributed by atoms with Crippen LogP contribution in [0.1, 0.15) is 17.1 Å². The number of hydrogen-bond acceptors (Lipinski definition) is 5. The molecule has 0 aliphatic heterocycles. The Hall–Kier alpha value is -3.25. The maximum atomic E-state index is 5.96. The third-order valence-corrected chi connectivity index (χ3v) is 3.72. The monoisotopic (exact) mass is 365 g/mol. The standard InChI is InChI=1S/C19H15N5O.ClH/c1-3-7-17-14(5-1)9-11-16(20-17)13-25-18-8-4-2-6-15(18)10-12-19-21-23-24-22-19;/h1-12H,13H2,(H,21,22,23,24);1H/b12-10-;. The minimum Gasteiger partial charge on any atom is -0.487 e. The molecule has 0 aliphatic carbocycles. The Labute approximate surface area is 156 Å². The molecule has 0 fully saturated rings. The zero-order valence-electron chi connectivity index (χ0n) is 13.7. The topological polar surface area (TPSA) is 76.6 Å². The number of nitrogens with zero attached hydrogens (tertiary/aromatic N) is 4. The molecule has 0 atom stereocenters. The molecule has 0 radical (unpaired) electrons. The first kappa shape index (κ1) is 17.6. The summed E-state index contributed by atoms with van der Waals surface area (Å²) in [6, 6.07) is 19.9. The average molecular weight is 366 g/mol. The zero-order valence-corrected chi connectivity index (χ0v) is 14.6. The SMILES string of the molecule is C(=C/c1ccccc1OCc1ccc2ccccc2n1)/c1nn[nH]n1.Cl. The molecule has 6 nitrogen and oxygen atoms in total. The van der Waals surface area contributed by atoms with Crippen LogP contribution >= 0.6 is 12.4 Å². The number of pyridine rings is 1. The van der Waals surface area contributed by atoms with Gasteiger partial charge in [0.2, 0.25) is 0 Å². The average Bonchev–Trinajstić information content (AvgIpc) is 3.19. The van der Waals surface area contributed by atoms with Crippen molar-refractivity contribution < 1.29 is 4.74 Å². The highest BCUT2D eigenvalue weighted by Gasteiger charge is 2.03. The van der Waals surface area contributed by atoms with Gasteiger partial charge < -0.3 is 4.74 Å². The lowest BCUT2D eigenvalue weighted by molar-refractivity contribution is 0.301. The molecule has 4 rings (SSSR count). The summed E-state index contributed by atoms with van der Waals surface area (Å²) in [6.45, 7) is 0.401. The molecule has 0 saturated heterocycles. The van der Waals surface area contributed by atoms with Gasteiger partial charge in [0.1, 0.15) is 12.4 Å². The van der Waals surface area contributed by atoms with Gasteiger partial charge in [-0.05, 0) is 35.6 Å². The molecule has 0 saturated carbocycles. The second kappa shape index (κ2) is 8.22. The fourth-order valence-corrected chi connectivity index (χ4v) is 2.49. The lowest BCUT2D eigenvalue weighted by Crippen LogP contribution is -1.99. The van der Waals surface area contributed by atoms with Crippen molar-refractivity contribution in [3.63, 3.8) is 0 Å². The van der Waals surface area contributed by atoms with Crippen LogP contribution in [-0.4, -0.2) is 25.6 Å². The molecule has 4 aromatic rings. The van der Waals surface area contributed by atoms with Crippen LogP contribution in [0.2, 0.25) is 0 Å². The van der Waals surface area contributed by atoms with E-state index in [4.69, 9.17) is 4.74 Å². The number of fused-ring (bicyclic) bond motifs is 1. The van der Waals surface area contributed by atoms with E-state index in [2.05, 4.69) is 31.7 Å². The number of halogens is 1. The van der Waals surface area contributed by atoms with E-state index in [1.807, 2.05) is 60.7 Å². The number of tetrazole rings is 1. The molecule has 0 aliphatic rings. The van der Waals surface area contributed by atoms with Crippen LogP contribution in [0.5, 0.6) is 5.75 Å². The van der Waals surface area contributed by atoms with Gasteiger partial charge in [-0.3, -0.25) is 0 Å². The second-order valence-corrected chi connectivity index (χ2v) is 5.43. The summed E-state index contributed by atoms with van der Waals surface area (Å²) in [6.07, 6.45) is 3.67. The number of para-hydroxylation sites is 2. The second-order valence-electron chi connectivity index (χ2n) is 5.43. The minimum absolute atomic E-state index is 0. The smallest absolute Gasteiger partial charge is 0.197 e. The molecule has 2 aromatic heterocycles. The zero-order chi connectivity index (χ0) is 16.9. The van der Waals surface area contributed by atoms with Crippen LogP contribution in [0.15, 0.2) is 60.7 Å². The van der Waals surface area contributed by atoms with Crippen molar-refractivity contribution in [1.82, 2.24) is 25.6 Å². The normalized spacial score (nSPS) is 10.8. The highest BCUT2D eigenvalue weighted by atomic mass is 35.5. The maximum Gasteiger partial charge on any atom is 0.197 e. The van der Waals surface area contributed by atoms with Gasteiger partial charge in [0.15, 0.2) is 5.82 Å². The molecule has 0 amide bonds. The third kappa shape index (κ3) is 4.04. The fourth-order valence-electron chi connectivity index (χ4n) is 2.49. The molecule has 0 unspecified atom stereocenters. The number of ether oxygens (including phenoxy) is 1. The Morgan fingerprint density at radius 1 is 0.923 bits per heavy atom. The highest BCUT2D eigenvalue weighted by molar-refractivity contribution is 5.85. The van der Waals surface area contributed by atoms with Crippen molar-refractivity contribution in [2.24, 2.45) is 0 Å². The van der Waals surface area contributed by atoms with Crippen molar-refractivity contribution in [2.45, 2.75) is 6.61 Å². The van der Waals surface area contributed by atoms with Crippen molar-refractivity contribution in [1.29, 1.82) is 0 Å². The summed E-state index contributed by atoms with van der Waals surface area (Å²) in [5.74, 6) is 1.29. The number of aromatic nitrogens is 5. The van der Waals surface area contributed by atoms with Crippen LogP contribution in [0.25, 0.3) is 23.1 Å². The van der Waals surface area contributed by atoms with Gasteiger partial charge >= 0.3 is 0 Å². The Bertz CT molecular complexity index is 1020. The first-order chi connectivity index (χ1) is 12.4. The summed E-state index contributed by atoms with van der Waals surface area (Å²) in [4.78, 5) is 4.63. The molecular weight excluding hydrogens is 350 g/mol. The maximum absolute atomic E-state index is 5.96. The van der Waals surface area contributed by atoms with E-state index in [0.717, 1.165) is 27.9 Å². The molecule has 2 heterocycles. The predicted molar refractivity (Wildman–Crippen MR) is 103 cm³/mol. The molecule has 7 heteroatoms. The van der Waals surface area contributed by atoms with Crippen molar-refractivity contribution >= 4 is 35.5 Å². The van der Waals surface area contributed by atoms with E-state index in [9.17, 15) is 0 Å². The summed E-state index contributed by atoms with van der Waals surface area (Å²) in [7, 11) is 0. The van der Waals surface area contributed by atoms with Gasteiger partial charge in [-0.25, -0.2) is 4.98 Å². The largest absolute Gasteiger partial charge is 0.487 e. The first-order valence-corrected chi connectivity index (χ1v) is 7.86. The van der Waals surface area contributed by atoms with E-state index < -0.39 is 0 Å². The molecule has 2 aromatic carbocycles. The summed E-state index contributed by atoms with van der Waals surface area (Å²) in [5, 5.41) is 14.9. The fraction of sp³-hybridized carbons (Fsp3) is 0.0526. The highest BCUT2D eigenvalue weighted by Crippen LogP contribution is 2.21. The van der Waals surface area contributed by atoms with E-state index in [0.29, 0.717) is 12.4 Å². The molecule has 130 valence electrons. The van der Waals surface area contributed by atoms with Gasteiger partial charge in [0, 0.05) is 10.9 Å². The number of hydrogen-bond donors (Lipinski definition) is 1. The number of H-pyrrole nitrogens is 1. The Morgan fingerprint density at radius 3 is 2.65 bits per heavy atom. The van der Waals surface area contributed by atoms with E-state index in [-0.39, 0.29) is 12.4 Å². The predicted octanol–water partition coefficient (Wildman–Crippen LogP) is 3.92. The summed E-state index contributed by atoms with van der Waals surface area (Å²) < 4.78 is 5.96. The van der Waals surface area contributed by atoms with Gasteiger partial charge in [-0.2, -0.15) is 5.21 Å². The van der Waals surface area contributed by atoms with Crippen molar-refractivity contribution in [2.75, 3.05) is 0 Å². The van der Waals surface area contributed by atoms with Gasteiger partial charge in [-0.1, -0.05) is 42.5 Å². The van der Waals surface area contributed by atoms with Crippen LogP contribution < -0.4 is 4.74 Å². The van der Waals surface area contributed by atoms with Crippen LogP contribution in [-0.2, 0) is 6.61 Å². The number of aromatic amines is 1. The number of nitrogens with one attached hydrogen (secondary N) is 1. The number of rotatable bonds is 5. The number of benzene rings is 2. The van der Waals surface area contributed by atoms with Crippen LogP contribution in [0.4, 0.5) is 0 Å². The van der Waals surface area contributed by atoms with Crippen LogP contribution in [0, 0.1) is 0 Å². The first-order valence-electron chi connectivity index (χ1n) is 7.86. The molecule has 0 spiro atoms. The molecule has 0 bridgehead atoms. The van der Waals surface area contributed by atoms with Crippen LogP contribution in [0.3, 0.4) is 0 Å². The minimum atomic E-state index is 0. The van der Waals surface area contributed by atoms with Crippen molar-refractivity contribution in [3.05, 3.63) is 77.7 Å². The van der Waals surface area contributed by atoms with Gasteiger partial charge in [-0.15, -0.1) is 22.6 Å². The van der Waals surface area contributed by atoms with Crippen molar-refractivity contribution in [3.8, 4) is 5.75 Å². The van der Waals surface area contributed by atoms with E-state index in [1.54, 1.807) is 6.08 Å². The lowest BCUT2D eigenvalue weighted by Gasteiger charge is -2.09. The van der Waals surface area contributed by atoms with Gasteiger partial charge in [0.05, 0.1) is 11.2 Å². The Morgan fingerprint density at radius 2 is 1.77 bits per heavy atom. The van der Waals surface area contributed by atoms with Gasteiger partial charge in [0.25, 0.3) is 0 Å². The molecule has 26 heavy (non-hydrogen) atoms.